The fourth-order valence-corrected chi connectivity index (χ4v) is 1.17. The second kappa shape index (κ2) is 5.01. The van der Waals surface area contributed by atoms with E-state index < -0.39 is 0 Å². The largest absolute Gasteiger partial charge is 0.349 e. The van der Waals surface area contributed by atoms with Gasteiger partial charge >= 0.3 is 0 Å². The highest BCUT2D eigenvalue weighted by Crippen LogP contribution is 1.90. The molecule has 8 heteroatoms. The third-order valence-electron chi connectivity index (χ3n) is 1.96. The third-order valence-corrected chi connectivity index (χ3v) is 1.96. The van der Waals surface area contributed by atoms with Crippen LogP contribution in [-0.2, 0) is 17.9 Å². The van der Waals surface area contributed by atoms with Crippen molar-refractivity contribution in [2.24, 2.45) is 0 Å². The second-order valence-electron chi connectivity index (χ2n) is 3.12. The molecule has 84 valence electrons. The standard InChI is InChI=1S/C8H11N7O/c16-8(2-5-15-4-1-3-10-15)9-6-7-11-13-14-12-7/h1,3-4H,2,5-6H2,(H,9,16)(H,11,12,13,14). The number of rotatable bonds is 5. The highest BCUT2D eigenvalue weighted by Gasteiger charge is 2.03. The van der Waals surface area contributed by atoms with Gasteiger partial charge in [-0.05, 0) is 6.07 Å². The van der Waals surface area contributed by atoms with Crippen LogP contribution in [0.2, 0.25) is 0 Å². The number of tetrazole rings is 1. The van der Waals surface area contributed by atoms with Crippen molar-refractivity contribution in [2.45, 2.75) is 19.5 Å². The van der Waals surface area contributed by atoms with Crippen LogP contribution in [0.1, 0.15) is 12.2 Å². The number of H-pyrrole nitrogens is 1. The number of aromatic amines is 1. The van der Waals surface area contributed by atoms with Crippen molar-refractivity contribution in [1.29, 1.82) is 0 Å². The zero-order chi connectivity index (χ0) is 11.2. The summed E-state index contributed by atoms with van der Waals surface area (Å²) in [7, 11) is 0. The Morgan fingerprint density at radius 1 is 1.56 bits per heavy atom. The number of hydrogen-bond acceptors (Lipinski definition) is 5. The molecule has 0 spiro atoms. The molecule has 0 bridgehead atoms. The molecule has 0 aliphatic carbocycles. The van der Waals surface area contributed by atoms with E-state index in [0.29, 0.717) is 18.8 Å². The number of aromatic nitrogens is 6. The van der Waals surface area contributed by atoms with E-state index in [1.54, 1.807) is 10.9 Å². The van der Waals surface area contributed by atoms with Crippen molar-refractivity contribution in [1.82, 2.24) is 35.7 Å². The number of amides is 1. The van der Waals surface area contributed by atoms with Gasteiger partial charge in [0.2, 0.25) is 5.91 Å². The van der Waals surface area contributed by atoms with Gasteiger partial charge in [0.15, 0.2) is 5.82 Å². The topological polar surface area (TPSA) is 101 Å². The van der Waals surface area contributed by atoms with Crippen molar-refractivity contribution >= 4 is 5.91 Å². The summed E-state index contributed by atoms with van der Waals surface area (Å²) in [5.41, 5.74) is 0. The van der Waals surface area contributed by atoms with Crippen LogP contribution in [0.25, 0.3) is 0 Å². The van der Waals surface area contributed by atoms with Gasteiger partial charge in [-0.1, -0.05) is 5.21 Å². The zero-order valence-corrected chi connectivity index (χ0v) is 8.50. The second-order valence-corrected chi connectivity index (χ2v) is 3.12. The molecule has 2 aromatic heterocycles. The number of aryl methyl sites for hydroxylation is 1. The Hall–Kier alpha value is -2.25. The SMILES string of the molecule is O=C(CCn1cccn1)NCc1nn[nH]n1. The Labute approximate surface area is 91.0 Å². The lowest BCUT2D eigenvalue weighted by atomic mass is 10.4. The first-order valence-corrected chi connectivity index (χ1v) is 4.81. The molecule has 0 aliphatic heterocycles. The van der Waals surface area contributed by atoms with Crippen molar-refractivity contribution in [3.63, 3.8) is 0 Å². The maximum absolute atomic E-state index is 11.4. The average Bonchev–Trinajstić information content (AvgIpc) is 2.96. The molecule has 1 amide bonds. The summed E-state index contributed by atoms with van der Waals surface area (Å²) in [6.07, 6.45) is 3.86. The molecule has 0 aromatic carbocycles. The summed E-state index contributed by atoms with van der Waals surface area (Å²) in [5, 5.41) is 19.8. The molecular formula is C8H11N7O. The summed E-state index contributed by atoms with van der Waals surface area (Å²) >= 11 is 0. The molecule has 8 nitrogen and oxygen atoms in total. The van der Waals surface area contributed by atoms with E-state index in [1.807, 2.05) is 12.3 Å². The molecule has 0 saturated carbocycles. The normalized spacial score (nSPS) is 10.2. The zero-order valence-electron chi connectivity index (χ0n) is 8.50. The summed E-state index contributed by atoms with van der Waals surface area (Å²) in [5.74, 6) is 0.396. The highest BCUT2D eigenvalue weighted by molar-refractivity contribution is 5.75. The summed E-state index contributed by atoms with van der Waals surface area (Å²) in [6.45, 7) is 0.847. The Morgan fingerprint density at radius 3 is 3.19 bits per heavy atom. The van der Waals surface area contributed by atoms with Crippen LogP contribution in [0.5, 0.6) is 0 Å². The monoisotopic (exact) mass is 221 g/mol. The molecule has 0 unspecified atom stereocenters. The van der Waals surface area contributed by atoms with Gasteiger partial charge in [-0.3, -0.25) is 9.48 Å². The predicted molar refractivity (Wildman–Crippen MR) is 52.9 cm³/mol. The van der Waals surface area contributed by atoms with E-state index >= 15 is 0 Å². The van der Waals surface area contributed by atoms with Crippen molar-refractivity contribution in [2.75, 3.05) is 0 Å². The van der Waals surface area contributed by atoms with Gasteiger partial charge in [0.25, 0.3) is 0 Å². The maximum Gasteiger partial charge on any atom is 0.222 e. The Balaban J connectivity index is 1.69. The number of hydrogen-bond donors (Lipinski definition) is 2. The van der Waals surface area contributed by atoms with E-state index in [4.69, 9.17) is 0 Å². The van der Waals surface area contributed by atoms with Gasteiger partial charge < -0.3 is 5.32 Å². The van der Waals surface area contributed by atoms with Crippen LogP contribution in [0.15, 0.2) is 18.5 Å². The van der Waals surface area contributed by atoms with Crippen LogP contribution in [-0.4, -0.2) is 36.3 Å². The van der Waals surface area contributed by atoms with E-state index in [-0.39, 0.29) is 12.5 Å². The lowest BCUT2D eigenvalue weighted by Gasteiger charge is -2.02. The Kier molecular flexibility index (Phi) is 3.22. The van der Waals surface area contributed by atoms with E-state index in [1.165, 1.54) is 0 Å². The van der Waals surface area contributed by atoms with E-state index in [9.17, 15) is 4.79 Å². The lowest BCUT2D eigenvalue weighted by molar-refractivity contribution is -0.121. The molecule has 2 rings (SSSR count). The fourth-order valence-electron chi connectivity index (χ4n) is 1.17. The van der Waals surface area contributed by atoms with Crippen molar-refractivity contribution in [3.05, 3.63) is 24.3 Å². The van der Waals surface area contributed by atoms with Crippen molar-refractivity contribution in [3.8, 4) is 0 Å². The minimum atomic E-state index is -0.0692. The number of nitrogens with one attached hydrogen (secondary N) is 2. The predicted octanol–water partition coefficient (Wildman–Crippen LogP) is -0.897. The summed E-state index contributed by atoms with van der Waals surface area (Å²) in [4.78, 5) is 11.4. The smallest absolute Gasteiger partial charge is 0.222 e. The number of carbonyl (C=O) groups excluding carboxylic acids is 1. The first kappa shape index (κ1) is 10.3. The van der Waals surface area contributed by atoms with Crippen LogP contribution < -0.4 is 5.32 Å². The molecule has 0 aliphatic rings. The van der Waals surface area contributed by atoms with Crippen LogP contribution in [0.3, 0.4) is 0 Å². The van der Waals surface area contributed by atoms with Gasteiger partial charge in [0, 0.05) is 25.4 Å². The number of carbonyl (C=O) groups is 1. The minimum Gasteiger partial charge on any atom is -0.349 e. The molecule has 0 atom stereocenters. The third kappa shape index (κ3) is 2.87. The molecule has 16 heavy (non-hydrogen) atoms. The first-order valence-electron chi connectivity index (χ1n) is 4.81. The van der Waals surface area contributed by atoms with E-state index in [0.717, 1.165) is 0 Å². The van der Waals surface area contributed by atoms with Crippen molar-refractivity contribution < 1.29 is 4.79 Å². The maximum atomic E-state index is 11.4. The van der Waals surface area contributed by atoms with Gasteiger partial charge in [0.1, 0.15) is 0 Å². The van der Waals surface area contributed by atoms with Crippen LogP contribution in [0, 0.1) is 0 Å². The molecule has 2 N–H and O–H groups in total. The molecule has 0 saturated heterocycles. The Morgan fingerprint density at radius 2 is 2.50 bits per heavy atom. The average molecular weight is 221 g/mol. The molecule has 0 radical (unpaired) electrons. The number of nitrogens with zero attached hydrogens (tertiary/aromatic N) is 5. The highest BCUT2D eigenvalue weighted by atomic mass is 16.1. The van der Waals surface area contributed by atoms with Gasteiger partial charge in [-0.15, -0.1) is 10.2 Å². The molecule has 2 heterocycles. The molecular weight excluding hydrogens is 210 g/mol. The molecule has 0 fully saturated rings. The van der Waals surface area contributed by atoms with Gasteiger partial charge in [-0.2, -0.15) is 10.3 Å². The van der Waals surface area contributed by atoms with Gasteiger partial charge in [-0.25, -0.2) is 0 Å². The summed E-state index contributed by atoms with van der Waals surface area (Å²) < 4.78 is 1.70. The Bertz CT molecular complexity index is 381. The molecule has 2 aromatic rings. The lowest BCUT2D eigenvalue weighted by Crippen LogP contribution is -2.24. The summed E-state index contributed by atoms with van der Waals surface area (Å²) in [6, 6.07) is 1.82. The quantitative estimate of drug-likeness (QED) is 0.681. The minimum absolute atomic E-state index is 0.0692. The van der Waals surface area contributed by atoms with Gasteiger partial charge in [0.05, 0.1) is 6.54 Å². The fraction of sp³-hybridized carbons (Fsp3) is 0.375. The van der Waals surface area contributed by atoms with Crippen LogP contribution >= 0.6 is 0 Å². The first-order chi connectivity index (χ1) is 7.84. The van der Waals surface area contributed by atoms with E-state index in [2.05, 4.69) is 31.0 Å². The van der Waals surface area contributed by atoms with Crippen LogP contribution in [0.4, 0.5) is 0 Å².